The van der Waals surface area contributed by atoms with Crippen LogP contribution in [0.4, 0.5) is 0 Å². The summed E-state index contributed by atoms with van der Waals surface area (Å²) in [6.45, 7) is 14.6. The molecule has 0 unspecified atom stereocenters. The molecule has 0 radical (unpaired) electrons. The van der Waals surface area contributed by atoms with Gasteiger partial charge < -0.3 is 15.0 Å². The van der Waals surface area contributed by atoms with Gasteiger partial charge in [-0.15, -0.1) is 6.58 Å². The molecule has 0 bridgehead atoms. The highest BCUT2D eigenvalue weighted by Gasteiger charge is 2.00. The van der Waals surface area contributed by atoms with Crippen molar-refractivity contribution in [3.8, 4) is 0 Å². The lowest BCUT2D eigenvalue weighted by Gasteiger charge is -2.20. The molecule has 0 saturated carbocycles. The van der Waals surface area contributed by atoms with E-state index in [1.807, 2.05) is 13.0 Å². The first-order valence-corrected chi connectivity index (χ1v) is 5.46. The fourth-order valence-corrected chi connectivity index (χ4v) is 1.21. The van der Waals surface area contributed by atoms with Gasteiger partial charge in [0.25, 0.3) is 0 Å². The minimum Gasteiger partial charge on any atom is -0.380 e. The Kier molecular flexibility index (Phi) is 10.4. The van der Waals surface area contributed by atoms with E-state index in [1.54, 1.807) is 0 Å². The molecule has 0 amide bonds. The van der Waals surface area contributed by atoms with Gasteiger partial charge in [-0.3, -0.25) is 0 Å². The smallest absolute Gasteiger partial charge is 0.0593 e. The van der Waals surface area contributed by atoms with E-state index in [2.05, 4.69) is 23.7 Å². The molecule has 0 aliphatic heterocycles. The van der Waals surface area contributed by atoms with Crippen LogP contribution >= 0.6 is 0 Å². The van der Waals surface area contributed by atoms with Crippen LogP contribution in [-0.4, -0.2) is 50.8 Å². The SMILES string of the molecule is C=CCNCCN(CC)CCOCC. The van der Waals surface area contributed by atoms with E-state index in [0.717, 1.165) is 45.9 Å². The van der Waals surface area contributed by atoms with Crippen molar-refractivity contribution in [2.75, 3.05) is 45.9 Å². The van der Waals surface area contributed by atoms with Gasteiger partial charge in [0.05, 0.1) is 6.61 Å². The maximum atomic E-state index is 5.32. The standard InChI is InChI=1S/C11H24N2O/c1-4-7-12-8-9-13(5-2)10-11-14-6-3/h4,12H,1,5-11H2,2-3H3. The van der Waals surface area contributed by atoms with E-state index >= 15 is 0 Å². The molecule has 3 heteroatoms. The van der Waals surface area contributed by atoms with Gasteiger partial charge in [0.15, 0.2) is 0 Å². The summed E-state index contributed by atoms with van der Waals surface area (Å²) in [5, 5.41) is 3.29. The van der Waals surface area contributed by atoms with Crippen molar-refractivity contribution in [2.24, 2.45) is 0 Å². The molecule has 0 aliphatic carbocycles. The number of hydrogen-bond donors (Lipinski definition) is 1. The van der Waals surface area contributed by atoms with Crippen molar-refractivity contribution in [2.45, 2.75) is 13.8 Å². The number of hydrogen-bond acceptors (Lipinski definition) is 3. The van der Waals surface area contributed by atoms with E-state index in [-0.39, 0.29) is 0 Å². The maximum absolute atomic E-state index is 5.32. The lowest BCUT2D eigenvalue weighted by Crippen LogP contribution is -2.34. The summed E-state index contributed by atoms with van der Waals surface area (Å²) in [5.41, 5.74) is 0. The average molecular weight is 200 g/mol. The third-order valence-electron chi connectivity index (χ3n) is 2.10. The highest BCUT2D eigenvalue weighted by molar-refractivity contribution is 4.70. The van der Waals surface area contributed by atoms with Crippen LogP contribution in [-0.2, 0) is 4.74 Å². The first-order chi connectivity index (χ1) is 6.85. The van der Waals surface area contributed by atoms with Crippen LogP contribution in [0.25, 0.3) is 0 Å². The van der Waals surface area contributed by atoms with Gasteiger partial charge in [-0.2, -0.15) is 0 Å². The molecule has 0 saturated heterocycles. The third kappa shape index (κ3) is 8.23. The second-order valence-corrected chi connectivity index (χ2v) is 3.12. The predicted molar refractivity (Wildman–Crippen MR) is 61.7 cm³/mol. The van der Waals surface area contributed by atoms with Gasteiger partial charge in [-0.05, 0) is 13.5 Å². The highest BCUT2D eigenvalue weighted by atomic mass is 16.5. The van der Waals surface area contributed by atoms with Gasteiger partial charge in [0.2, 0.25) is 0 Å². The Hall–Kier alpha value is -0.380. The van der Waals surface area contributed by atoms with Gasteiger partial charge in [-0.25, -0.2) is 0 Å². The Morgan fingerprint density at radius 1 is 1.36 bits per heavy atom. The predicted octanol–water partition coefficient (Wildman–Crippen LogP) is 1.12. The normalized spacial score (nSPS) is 10.8. The van der Waals surface area contributed by atoms with Crippen LogP contribution in [0.3, 0.4) is 0 Å². The molecule has 0 aromatic carbocycles. The van der Waals surface area contributed by atoms with Crippen LogP contribution in [0, 0.1) is 0 Å². The molecule has 14 heavy (non-hydrogen) atoms. The fraction of sp³-hybridized carbons (Fsp3) is 0.818. The summed E-state index contributed by atoms with van der Waals surface area (Å²) in [6.07, 6.45) is 1.89. The van der Waals surface area contributed by atoms with Gasteiger partial charge in [-0.1, -0.05) is 13.0 Å². The highest BCUT2D eigenvalue weighted by Crippen LogP contribution is 1.87. The Morgan fingerprint density at radius 2 is 2.14 bits per heavy atom. The molecule has 0 atom stereocenters. The minimum absolute atomic E-state index is 0.812. The molecule has 1 N–H and O–H groups in total. The molecular formula is C11H24N2O. The number of nitrogens with zero attached hydrogens (tertiary/aromatic N) is 1. The van der Waals surface area contributed by atoms with Crippen molar-refractivity contribution in [3.63, 3.8) is 0 Å². The molecule has 0 aliphatic rings. The summed E-state index contributed by atoms with van der Waals surface area (Å²) >= 11 is 0. The van der Waals surface area contributed by atoms with Crippen LogP contribution in [0.5, 0.6) is 0 Å². The topological polar surface area (TPSA) is 24.5 Å². The lowest BCUT2D eigenvalue weighted by molar-refractivity contribution is 0.115. The van der Waals surface area contributed by atoms with Crippen LogP contribution in [0.15, 0.2) is 12.7 Å². The summed E-state index contributed by atoms with van der Waals surface area (Å²) in [6, 6.07) is 0. The molecule has 0 spiro atoms. The zero-order valence-electron chi connectivity index (χ0n) is 9.59. The van der Waals surface area contributed by atoms with E-state index in [0.29, 0.717) is 0 Å². The van der Waals surface area contributed by atoms with E-state index in [1.165, 1.54) is 0 Å². The van der Waals surface area contributed by atoms with Crippen molar-refractivity contribution in [1.29, 1.82) is 0 Å². The van der Waals surface area contributed by atoms with Crippen molar-refractivity contribution < 1.29 is 4.74 Å². The van der Waals surface area contributed by atoms with Gasteiger partial charge in [0.1, 0.15) is 0 Å². The molecule has 0 aromatic heterocycles. The van der Waals surface area contributed by atoms with Crippen LogP contribution < -0.4 is 5.32 Å². The van der Waals surface area contributed by atoms with Gasteiger partial charge in [0, 0.05) is 32.8 Å². The Balaban J connectivity index is 3.33. The van der Waals surface area contributed by atoms with E-state index < -0.39 is 0 Å². The van der Waals surface area contributed by atoms with Crippen molar-refractivity contribution >= 4 is 0 Å². The Bertz CT molecular complexity index is 128. The number of ether oxygens (including phenoxy) is 1. The van der Waals surface area contributed by atoms with Gasteiger partial charge >= 0.3 is 0 Å². The molecule has 84 valence electrons. The number of rotatable bonds is 10. The Morgan fingerprint density at radius 3 is 2.71 bits per heavy atom. The minimum atomic E-state index is 0.812. The summed E-state index contributed by atoms with van der Waals surface area (Å²) in [7, 11) is 0. The molecule has 0 fully saturated rings. The quantitative estimate of drug-likeness (QED) is 0.422. The van der Waals surface area contributed by atoms with Crippen LogP contribution in [0.2, 0.25) is 0 Å². The number of likely N-dealkylation sites (N-methyl/N-ethyl adjacent to an activating group) is 1. The second kappa shape index (κ2) is 10.7. The van der Waals surface area contributed by atoms with Crippen LogP contribution in [0.1, 0.15) is 13.8 Å². The summed E-state index contributed by atoms with van der Waals surface area (Å²) < 4.78 is 5.32. The first kappa shape index (κ1) is 13.6. The molecule has 0 heterocycles. The largest absolute Gasteiger partial charge is 0.380 e. The third-order valence-corrected chi connectivity index (χ3v) is 2.10. The second-order valence-electron chi connectivity index (χ2n) is 3.12. The zero-order chi connectivity index (χ0) is 10.6. The zero-order valence-corrected chi connectivity index (χ0v) is 9.59. The summed E-state index contributed by atoms with van der Waals surface area (Å²) in [4.78, 5) is 2.38. The molecule has 0 aromatic rings. The lowest BCUT2D eigenvalue weighted by atomic mass is 10.4. The van der Waals surface area contributed by atoms with Crippen molar-refractivity contribution in [3.05, 3.63) is 12.7 Å². The van der Waals surface area contributed by atoms with E-state index in [9.17, 15) is 0 Å². The maximum Gasteiger partial charge on any atom is 0.0593 e. The molecule has 3 nitrogen and oxygen atoms in total. The molecule has 0 rings (SSSR count). The van der Waals surface area contributed by atoms with E-state index in [4.69, 9.17) is 4.74 Å². The Labute approximate surface area is 88.1 Å². The van der Waals surface area contributed by atoms with Crippen molar-refractivity contribution in [1.82, 2.24) is 10.2 Å². The molecular weight excluding hydrogens is 176 g/mol. The number of nitrogens with one attached hydrogen (secondary N) is 1. The monoisotopic (exact) mass is 200 g/mol. The fourth-order valence-electron chi connectivity index (χ4n) is 1.21. The first-order valence-electron chi connectivity index (χ1n) is 5.46. The summed E-state index contributed by atoms with van der Waals surface area (Å²) in [5.74, 6) is 0. The average Bonchev–Trinajstić information content (AvgIpc) is 2.22.